The lowest BCUT2D eigenvalue weighted by molar-refractivity contribution is 0.102. The molecule has 4 nitrogen and oxygen atoms in total. The van der Waals surface area contributed by atoms with Crippen molar-refractivity contribution in [3.8, 4) is 11.1 Å². The van der Waals surface area contributed by atoms with Crippen LogP contribution in [0, 0.1) is 6.92 Å². The van der Waals surface area contributed by atoms with Crippen molar-refractivity contribution in [2.24, 2.45) is 7.05 Å². The van der Waals surface area contributed by atoms with Gasteiger partial charge in [0.15, 0.2) is 5.43 Å². The third kappa shape index (κ3) is 3.55. The third-order valence-electron chi connectivity index (χ3n) is 4.95. The van der Waals surface area contributed by atoms with Gasteiger partial charge in [-0.15, -0.1) is 0 Å². The number of amides is 1. The molecule has 0 aliphatic carbocycles. The van der Waals surface area contributed by atoms with Crippen molar-refractivity contribution in [2.75, 3.05) is 5.32 Å². The number of fused-ring (bicyclic) bond motifs is 1. The van der Waals surface area contributed by atoms with Gasteiger partial charge in [-0.25, -0.2) is 0 Å². The molecule has 5 heteroatoms. The maximum absolute atomic E-state index is 13.4. The second kappa shape index (κ2) is 7.57. The van der Waals surface area contributed by atoms with Gasteiger partial charge in [0, 0.05) is 23.0 Å². The number of nitrogens with zero attached hydrogens (tertiary/aromatic N) is 1. The lowest BCUT2D eigenvalue weighted by Crippen LogP contribution is -2.21. The molecule has 0 radical (unpaired) electrons. The number of carbonyl (C=O) groups excluding carboxylic acids is 1. The van der Waals surface area contributed by atoms with Crippen LogP contribution in [0.1, 0.15) is 15.9 Å². The van der Waals surface area contributed by atoms with Crippen LogP contribution in [0.4, 0.5) is 5.82 Å². The van der Waals surface area contributed by atoms with Crippen LogP contribution < -0.4 is 10.7 Å². The number of rotatable bonds is 3. The number of para-hydroxylation sites is 1. The van der Waals surface area contributed by atoms with Gasteiger partial charge in [0.1, 0.15) is 5.82 Å². The van der Waals surface area contributed by atoms with Crippen molar-refractivity contribution in [3.05, 3.63) is 99.2 Å². The minimum absolute atomic E-state index is 0.115. The van der Waals surface area contributed by atoms with Gasteiger partial charge in [0.2, 0.25) is 0 Å². The fraction of sp³-hybridized carbons (Fsp3) is 0.0833. The molecule has 0 aliphatic heterocycles. The highest BCUT2D eigenvalue weighted by Gasteiger charge is 2.19. The van der Waals surface area contributed by atoms with Crippen molar-refractivity contribution in [2.45, 2.75) is 6.92 Å². The minimum Gasteiger partial charge on any atom is -0.330 e. The second-order valence-corrected chi connectivity index (χ2v) is 7.40. The summed E-state index contributed by atoms with van der Waals surface area (Å²) in [6.45, 7) is 1.97. The van der Waals surface area contributed by atoms with Crippen LogP contribution in [-0.2, 0) is 7.05 Å². The van der Waals surface area contributed by atoms with Crippen LogP contribution in [0.25, 0.3) is 22.0 Å². The number of aryl methyl sites for hydroxylation is 2. The van der Waals surface area contributed by atoms with Crippen LogP contribution >= 0.6 is 11.6 Å². The number of aromatic nitrogens is 1. The zero-order chi connectivity index (χ0) is 20.5. The first kappa shape index (κ1) is 19.0. The molecule has 0 unspecified atom stereocenters. The standard InChI is InChI=1S/C24H19ClN2O2/c1-15-6-5-7-17(14-15)21-22(28)19-8-3-4-9-20(19)27(2)23(21)26-24(29)16-10-12-18(25)13-11-16/h3-14H,1-2H3,(H,26,29). The molecule has 1 heterocycles. The van der Waals surface area contributed by atoms with E-state index < -0.39 is 0 Å². The number of carbonyl (C=O) groups is 1. The Bertz CT molecular complexity index is 1290. The summed E-state index contributed by atoms with van der Waals surface area (Å²) in [7, 11) is 1.85. The molecule has 4 rings (SSSR count). The predicted molar refractivity (Wildman–Crippen MR) is 119 cm³/mol. The summed E-state index contributed by atoms with van der Waals surface area (Å²) < 4.78 is 1.85. The largest absolute Gasteiger partial charge is 0.330 e. The zero-order valence-electron chi connectivity index (χ0n) is 16.1. The Hall–Kier alpha value is -3.37. The number of anilines is 1. The van der Waals surface area contributed by atoms with Crippen LogP contribution in [-0.4, -0.2) is 10.5 Å². The number of pyridine rings is 1. The van der Waals surface area contributed by atoms with Crippen molar-refractivity contribution < 1.29 is 4.79 Å². The number of hydrogen-bond acceptors (Lipinski definition) is 2. The minimum atomic E-state index is -0.305. The van der Waals surface area contributed by atoms with E-state index in [1.165, 1.54) is 0 Å². The fourth-order valence-corrected chi connectivity index (χ4v) is 3.61. The lowest BCUT2D eigenvalue weighted by atomic mass is 10.0. The van der Waals surface area contributed by atoms with Gasteiger partial charge in [-0.05, 0) is 48.9 Å². The summed E-state index contributed by atoms with van der Waals surface area (Å²) >= 11 is 5.93. The van der Waals surface area contributed by atoms with Gasteiger partial charge in [0.25, 0.3) is 5.91 Å². The summed E-state index contributed by atoms with van der Waals surface area (Å²) in [6, 6.07) is 21.7. The molecule has 1 amide bonds. The number of nitrogens with one attached hydrogen (secondary N) is 1. The average Bonchev–Trinajstić information content (AvgIpc) is 2.72. The Balaban J connectivity index is 1.95. The average molecular weight is 403 g/mol. The SMILES string of the molecule is Cc1cccc(-c2c(NC(=O)c3ccc(Cl)cc3)n(C)c3ccccc3c2=O)c1. The van der Waals surface area contributed by atoms with Gasteiger partial charge in [-0.3, -0.25) is 9.59 Å². The summed E-state index contributed by atoms with van der Waals surface area (Å²) in [5, 5.41) is 4.11. The molecule has 0 saturated carbocycles. The molecule has 144 valence electrons. The molecule has 0 fully saturated rings. The van der Waals surface area contributed by atoms with Crippen LogP contribution in [0.15, 0.2) is 77.6 Å². The van der Waals surface area contributed by atoms with Crippen molar-refractivity contribution in [1.82, 2.24) is 4.57 Å². The van der Waals surface area contributed by atoms with Crippen LogP contribution in [0.3, 0.4) is 0 Å². The highest BCUT2D eigenvalue weighted by molar-refractivity contribution is 6.30. The molecule has 3 aromatic carbocycles. The summed E-state index contributed by atoms with van der Waals surface area (Å²) in [5.41, 5.74) is 3.37. The molecule has 4 aromatic rings. The Labute approximate surface area is 173 Å². The summed E-state index contributed by atoms with van der Waals surface area (Å²) in [5.74, 6) is 0.153. The zero-order valence-corrected chi connectivity index (χ0v) is 16.8. The van der Waals surface area contributed by atoms with Gasteiger partial charge in [-0.1, -0.05) is 53.6 Å². The third-order valence-corrected chi connectivity index (χ3v) is 5.21. The first-order chi connectivity index (χ1) is 14.0. The molecule has 0 aliphatic rings. The van der Waals surface area contributed by atoms with Gasteiger partial charge in [-0.2, -0.15) is 0 Å². The number of halogens is 1. The lowest BCUT2D eigenvalue weighted by Gasteiger charge is -2.18. The van der Waals surface area contributed by atoms with Crippen molar-refractivity contribution in [1.29, 1.82) is 0 Å². The van der Waals surface area contributed by atoms with E-state index in [9.17, 15) is 9.59 Å². The molecule has 0 atom stereocenters. The fourth-order valence-electron chi connectivity index (χ4n) is 3.48. The molecule has 0 bridgehead atoms. The maximum Gasteiger partial charge on any atom is 0.256 e. The number of benzene rings is 3. The van der Waals surface area contributed by atoms with Gasteiger partial charge in [0.05, 0.1) is 11.1 Å². The van der Waals surface area contributed by atoms with Gasteiger partial charge < -0.3 is 9.88 Å². The molecular weight excluding hydrogens is 384 g/mol. The van der Waals surface area contributed by atoms with Crippen molar-refractivity contribution in [3.63, 3.8) is 0 Å². The molecule has 1 aromatic heterocycles. The van der Waals surface area contributed by atoms with E-state index in [1.807, 2.05) is 67.1 Å². The molecular formula is C24H19ClN2O2. The maximum atomic E-state index is 13.4. The molecule has 0 saturated heterocycles. The molecule has 29 heavy (non-hydrogen) atoms. The Kier molecular flexibility index (Phi) is 4.95. The predicted octanol–water partition coefficient (Wildman–Crippen LogP) is 5.42. The van der Waals surface area contributed by atoms with Crippen LogP contribution in [0.5, 0.6) is 0 Å². The Morgan fingerprint density at radius 3 is 2.41 bits per heavy atom. The van der Waals surface area contributed by atoms with E-state index >= 15 is 0 Å². The first-order valence-corrected chi connectivity index (χ1v) is 9.59. The Morgan fingerprint density at radius 2 is 1.69 bits per heavy atom. The highest BCUT2D eigenvalue weighted by Crippen LogP contribution is 2.29. The van der Waals surface area contributed by atoms with Crippen LogP contribution in [0.2, 0.25) is 5.02 Å². The monoisotopic (exact) mass is 402 g/mol. The highest BCUT2D eigenvalue weighted by atomic mass is 35.5. The number of hydrogen-bond donors (Lipinski definition) is 1. The van der Waals surface area contributed by atoms with Gasteiger partial charge >= 0.3 is 0 Å². The quantitative estimate of drug-likeness (QED) is 0.497. The summed E-state index contributed by atoms with van der Waals surface area (Å²) in [4.78, 5) is 26.3. The van der Waals surface area contributed by atoms with E-state index in [0.717, 1.165) is 16.6 Å². The molecule has 1 N–H and O–H groups in total. The molecule has 0 spiro atoms. The smallest absolute Gasteiger partial charge is 0.256 e. The normalized spacial score (nSPS) is 10.9. The van der Waals surface area contributed by atoms with E-state index in [4.69, 9.17) is 11.6 Å². The second-order valence-electron chi connectivity index (χ2n) is 6.96. The van der Waals surface area contributed by atoms with E-state index in [-0.39, 0.29) is 11.3 Å². The van der Waals surface area contributed by atoms with Crippen molar-refractivity contribution >= 4 is 34.2 Å². The topological polar surface area (TPSA) is 51.1 Å². The Morgan fingerprint density at radius 1 is 0.966 bits per heavy atom. The van der Waals surface area contributed by atoms with E-state index in [2.05, 4.69) is 5.32 Å². The van der Waals surface area contributed by atoms with E-state index in [0.29, 0.717) is 27.4 Å². The first-order valence-electron chi connectivity index (χ1n) is 9.21. The summed E-state index contributed by atoms with van der Waals surface area (Å²) in [6.07, 6.45) is 0. The van der Waals surface area contributed by atoms with E-state index in [1.54, 1.807) is 24.3 Å².